The maximum absolute atomic E-state index is 12.1. The van der Waals surface area contributed by atoms with E-state index in [9.17, 15) is 9.90 Å². The third-order valence-corrected chi connectivity index (χ3v) is 3.09. The molecule has 0 radical (unpaired) electrons. The highest BCUT2D eigenvalue weighted by Gasteiger charge is 2.10. The number of aromatic nitrogens is 2. The van der Waals surface area contributed by atoms with Crippen molar-refractivity contribution in [2.75, 3.05) is 7.11 Å². The van der Waals surface area contributed by atoms with Crippen molar-refractivity contribution in [3.05, 3.63) is 59.0 Å². The molecule has 0 saturated carbocycles. The maximum atomic E-state index is 12.1. The fourth-order valence-corrected chi connectivity index (χ4v) is 2.12. The Hall–Kier alpha value is -2.82. The summed E-state index contributed by atoms with van der Waals surface area (Å²) in [5.41, 5.74) is 0.751. The SMILES string of the molecule is COc1ccc(-n2c(=O)cc(O)c3cccnc32)cc1. The Morgan fingerprint density at radius 1 is 1.20 bits per heavy atom. The van der Waals surface area contributed by atoms with Crippen LogP contribution in [0.5, 0.6) is 11.5 Å². The van der Waals surface area contributed by atoms with Gasteiger partial charge in [-0.05, 0) is 36.4 Å². The van der Waals surface area contributed by atoms with Gasteiger partial charge in [-0.1, -0.05) is 0 Å². The molecular weight excluding hydrogens is 256 g/mol. The van der Waals surface area contributed by atoms with E-state index >= 15 is 0 Å². The monoisotopic (exact) mass is 268 g/mol. The Labute approximate surface area is 114 Å². The summed E-state index contributed by atoms with van der Waals surface area (Å²) in [5, 5.41) is 10.4. The number of nitrogens with zero attached hydrogens (tertiary/aromatic N) is 2. The summed E-state index contributed by atoms with van der Waals surface area (Å²) in [6.07, 6.45) is 1.58. The lowest BCUT2D eigenvalue weighted by Gasteiger charge is -2.10. The van der Waals surface area contributed by atoms with Crippen molar-refractivity contribution in [3.63, 3.8) is 0 Å². The van der Waals surface area contributed by atoms with Gasteiger partial charge >= 0.3 is 0 Å². The van der Waals surface area contributed by atoms with Crippen molar-refractivity contribution in [1.29, 1.82) is 0 Å². The molecule has 0 unspecified atom stereocenters. The zero-order chi connectivity index (χ0) is 14.1. The predicted octanol–water partition coefficient (Wildman–Crippen LogP) is 2.10. The average molecular weight is 268 g/mol. The van der Waals surface area contributed by atoms with Crippen molar-refractivity contribution < 1.29 is 9.84 Å². The number of fused-ring (bicyclic) bond motifs is 1. The second-order valence-corrected chi connectivity index (χ2v) is 4.28. The van der Waals surface area contributed by atoms with Gasteiger partial charge in [-0.15, -0.1) is 0 Å². The Balaban J connectivity index is 2.32. The number of benzene rings is 1. The molecule has 3 rings (SSSR count). The molecule has 0 saturated heterocycles. The van der Waals surface area contributed by atoms with Gasteiger partial charge in [0.15, 0.2) is 5.65 Å². The minimum atomic E-state index is -0.334. The molecule has 1 aromatic carbocycles. The number of rotatable bonds is 2. The first-order valence-electron chi connectivity index (χ1n) is 6.05. The van der Waals surface area contributed by atoms with Crippen LogP contribution in [0.3, 0.4) is 0 Å². The Kier molecular flexibility index (Phi) is 2.87. The van der Waals surface area contributed by atoms with Crippen molar-refractivity contribution >= 4 is 11.0 Å². The topological polar surface area (TPSA) is 64.3 Å². The molecule has 0 aliphatic rings. The van der Waals surface area contributed by atoms with Crippen molar-refractivity contribution in [2.45, 2.75) is 0 Å². The van der Waals surface area contributed by atoms with Gasteiger partial charge < -0.3 is 9.84 Å². The molecule has 0 bridgehead atoms. The van der Waals surface area contributed by atoms with Gasteiger partial charge in [-0.3, -0.25) is 9.36 Å². The average Bonchev–Trinajstić information content (AvgIpc) is 2.48. The minimum absolute atomic E-state index is 0.0668. The quantitative estimate of drug-likeness (QED) is 0.773. The van der Waals surface area contributed by atoms with E-state index in [2.05, 4.69) is 4.98 Å². The lowest BCUT2D eigenvalue weighted by Crippen LogP contribution is -2.18. The molecule has 0 amide bonds. The standard InChI is InChI=1S/C15H12N2O3/c1-20-11-6-4-10(5-7-11)17-14(19)9-13(18)12-3-2-8-16-15(12)17/h2-9,18H,1H3. The molecule has 0 spiro atoms. The van der Waals surface area contributed by atoms with Gasteiger partial charge in [0, 0.05) is 12.3 Å². The zero-order valence-electron chi connectivity index (χ0n) is 10.8. The summed E-state index contributed by atoms with van der Waals surface area (Å²) < 4.78 is 6.55. The lowest BCUT2D eigenvalue weighted by atomic mass is 10.2. The van der Waals surface area contributed by atoms with Crippen molar-refractivity contribution in [1.82, 2.24) is 9.55 Å². The van der Waals surface area contributed by atoms with E-state index in [0.717, 1.165) is 0 Å². The number of ether oxygens (including phenoxy) is 1. The van der Waals surface area contributed by atoms with E-state index in [1.807, 2.05) is 0 Å². The third-order valence-electron chi connectivity index (χ3n) is 3.09. The molecule has 5 heteroatoms. The second-order valence-electron chi connectivity index (χ2n) is 4.28. The van der Waals surface area contributed by atoms with E-state index in [1.54, 1.807) is 49.7 Å². The molecule has 0 aliphatic heterocycles. The van der Waals surface area contributed by atoms with Crippen LogP contribution in [-0.2, 0) is 0 Å². The molecule has 5 nitrogen and oxygen atoms in total. The van der Waals surface area contributed by atoms with Crippen LogP contribution in [0.4, 0.5) is 0 Å². The van der Waals surface area contributed by atoms with Crippen molar-refractivity contribution in [3.8, 4) is 17.2 Å². The van der Waals surface area contributed by atoms with E-state index in [4.69, 9.17) is 4.74 Å². The van der Waals surface area contributed by atoms with Crippen LogP contribution in [-0.4, -0.2) is 21.8 Å². The largest absolute Gasteiger partial charge is 0.507 e. The summed E-state index contributed by atoms with van der Waals surface area (Å²) >= 11 is 0. The van der Waals surface area contributed by atoms with Crippen LogP contribution < -0.4 is 10.3 Å². The fourth-order valence-electron chi connectivity index (χ4n) is 2.12. The third kappa shape index (κ3) is 1.89. The van der Waals surface area contributed by atoms with Gasteiger partial charge in [0.25, 0.3) is 5.56 Å². The Morgan fingerprint density at radius 3 is 2.65 bits per heavy atom. The molecule has 0 atom stereocenters. The number of methoxy groups -OCH3 is 1. The highest BCUT2D eigenvalue weighted by Crippen LogP contribution is 2.23. The van der Waals surface area contributed by atoms with Crippen LogP contribution in [0.25, 0.3) is 16.7 Å². The molecule has 2 aromatic heterocycles. The molecule has 3 aromatic rings. The smallest absolute Gasteiger partial charge is 0.260 e. The van der Waals surface area contributed by atoms with E-state index in [-0.39, 0.29) is 11.3 Å². The summed E-state index contributed by atoms with van der Waals surface area (Å²) in [7, 11) is 1.58. The van der Waals surface area contributed by atoms with Gasteiger partial charge in [-0.25, -0.2) is 4.98 Å². The minimum Gasteiger partial charge on any atom is -0.507 e. The van der Waals surface area contributed by atoms with E-state index < -0.39 is 0 Å². The summed E-state index contributed by atoms with van der Waals surface area (Å²) in [6.45, 7) is 0. The van der Waals surface area contributed by atoms with Gasteiger partial charge in [0.1, 0.15) is 11.5 Å². The van der Waals surface area contributed by atoms with Gasteiger partial charge in [0.05, 0.1) is 18.2 Å². The summed E-state index contributed by atoms with van der Waals surface area (Å²) in [5.74, 6) is 0.640. The molecule has 0 aliphatic carbocycles. The van der Waals surface area contributed by atoms with Crippen molar-refractivity contribution in [2.24, 2.45) is 0 Å². The summed E-state index contributed by atoms with van der Waals surface area (Å²) in [6, 6.07) is 11.7. The first-order valence-corrected chi connectivity index (χ1v) is 6.05. The summed E-state index contributed by atoms with van der Waals surface area (Å²) in [4.78, 5) is 16.3. The number of aromatic hydroxyl groups is 1. The molecular formula is C15H12N2O3. The number of pyridine rings is 2. The fraction of sp³-hybridized carbons (Fsp3) is 0.0667. The molecule has 20 heavy (non-hydrogen) atoms. The van der Waals surface area contributed by atoms with Crippen LogP contribution in [0.2, 0.25) is 0 Å². The molecule has 2 heterocycles. The number of hydrogen-bond donors (Lipinski definition) is 1. The lowest BCUT2D eigenvalue weighted by molar-refractivity contribution is 0.414. The van der Waals surface area contributed by atoms with Gasteiger partial charge in [-0.2, -0.15) is 0 Å². The second kappa shape index (κ2) is 4.70. The van der Waals surface area contributed by atoms with Crippen LogP contribution in [0.1, 0.15) is 0 Å². The van der Waals surface area contributed by atoms with Crippen LogP contribution >= 0.6 is 0 Å². The molecule has 1 N–H and O–H groups in total. The van der Waals surface area contributed by atoms with E-state index in [1.165, 1.54) is 10.6 Å². The van der Waals surface area contributed by atoms with E-state index in [0.29, 0.717) is 22.5 Å². The predicted molar refractivity (Wildman–Crippen MR) is 75.6 cm³/mol. The van der Waals surface area contributed by atoms with Gasteiger partial charge in [0.2, 0.25) is 0 Å². The Morgan fingerprint density at radius 2 is 1.95 bits per heavy atom. The van der Waals surface area contributed by atoms with Crippen LogP contribution in [0, 0.1) is 0 Å². The normalized spacial score (nSPS) is 10.7. The first-order chi connectivity index (χ1) is 9.70. The number of hydrogen-bond acceptors (Lipinski definition) is 4. The molecule has 0 fully saturated rings. The highest BCUT2D eigenvalue weighted by atomic mass is 16.5. The zero-order valence-corrected chi connectivity index (χ0v) is 10.8. The maximum Gasteiger partial charge on any atom is 0.260 e. The Bertz CT molecular complexity index is 823. The van der Waals surface area contributed by atoms with Crippen LogP contribution in [0.15, 0.2) is 53.5 Å². The molecule has 100 valence electrons. The first kappa shape index (κ1) is 12.2. The highest BCUT2D eigenvalue weighted by molar-refractivity contribution is 5.82.